The molecule has 0 unspecified atom stereocenters. The molecule has 3 N–H and O–H groups in total. The number of nitrogens with one attached hydrogen (secondary N) is 1. The number of amides is 3. The lowest BCUT2D eigenvalue weighted by molar-refractivity contribution is -0.734. The molecule has 2 fully saturated rings. The predicted octanol–water partition coefficient (Wildman–Crippen LogP) is 1.88. The molecule has 0 bridgehead atoms. The maximum absolute atomic E-state index is 13.5. The Kier molecular flexibility index (Phi) is 4.18. The van der Waals surface area contributed by atoms with E-state index in [1.165, 1.54) is 4.90 Å². The zero-order valence-electron chi connectivity index (χ0n) is 16.9. The van der Waals surface area contributed by atoms with Gasteiger partial charge in [0.25, 0.3) is 5.91 Å². The van der Waals surface area contributed by atoms with Crippen molar-refractivity contribution in [1.29, 1.82) is 0 Å². The van der Waals surface area contributed by atoms with Gasteiger partial charge in [-0.3, -0.25) is 19.3 Å². The molecule has 2 saturated heterocycles. The van der Waals surface area contributed by atoms with Crippen LogP contribution in [0.5, 0.6) is 0 Å². The predicted molar refractivity (Wildman–Crippen MR) is 106 cm³/mol. The van der Waals surface area contributed by atoms with E-state index in [0.29, 0.717) is 22.2 Å². The molecule has 3 amide bonds. The van der Waals surface area contributed by atoms with E-state index in [9.17, 15) is 14.4 Å². The number of carbonyl (C=O) groups is 3. The standard InChI is InChI=1S/C21H26ClN3O3/c1-10(2)9-13-14-15(18(27)25(17(14)26)20(3,4)5)21(24-13)11-7-6-8-12(22)16(11)23-19(21)28/h6-8,10,13-15,24H,9H2,1-5H3,(H,23,28)/p+1/t13-,14+,15-,21+/m0/s1. The summed E-state index contributed by atoms with van der Waals surface area (Å²) in [7, 11) is 0. The maximum atomic E-state index is 13.5. The molecule has 1 spiro atoms. The zero-order chi connectivity index (χ0) is 20.6. The van der Waals surface area contributed by atoms with E-state index in [0.717, 1.165) is 6.42 Å². The summed E-state index contributed by atoms with van der Waals surface area (Å²) in [6, 6.07) is 5.23. The van der Waals surface area contributed by atoms with Crippen molar-refractivity contribution in [2.24, 2.45) is 17.8 Å². The fraction of sp³-hybridized carbons (Fsp3) is 0.571. The average Bonchev–Trinajstić information content (AvgIpc) is 3.13. The third-order valence-corrected chi connectivity index (χ3v) is 6.58. The van der Waals surface area contributed by atoms with Crippen LogP contribution >= 0.6 is 11.6 Å². The number of quaternary nitrogens is 1. The minimum Gasteiger partial charge on any atom is -0.326 e. The summed E-state index contributed by atoms with van der Waals surface area (Å²) in [5.74, 6) is -1.56. The molecule has 4 rings (SSSR count). The Morgan fingerprint density at radius 3 is 2.50 bits per heavy atom. The van der Waals surface area contributed by atoms with Crippen LogP contribution in [0.15, 0.2) is 18.2 Å². The number of halogens is 1. The number of hydrogen-bond acceptors (Lipinski definition) is 3. The van der Waals surface area contributed by atoms with Crippen LogP contribution in [-0.4, -0.2) is 34.2 Å². The van der Waals surface area contributed by atoms with E-state index in [1.807, 2.05) is 32.2 Å². The molecular weight excluding hydrogens is 378 g/mol. The molecule has 0 radical (unpaired) electrons. The van der Waals surface area contributed by atoms with Crippen molar-refractivity contribution >= 4 is 35.0 Å². The van der Waals surface area contributed by atoms with Gasteiger partial charge in [0.1, 0.15) is 17.9 Å². The first-order valence-electron chi connectivity index (χ1n) is 9.84. The molecule has 3 aliphatic heterocycles. The van der Waals surface area contributed by atoms with Gasteiger partial charge in [-0.1, -0.05) is 31.5 Å². The Labute approximate surface area is 170 Å². The first-order valence-corrected chi connectivity index (χ1v) is 10.2. The first kappa shape index (κ1) is 19.4. The lowest BCUT2D eigenvalue weighted by Gasteiger charge is -2.33. The quantitative estimate of drug-likeness (QED) is 0.738. The summed E-state index contributed by atoms with van der Waals surface area (Å²) < 4.78 is 0. The maximum Gasteiger partial charge on any atom is 0.291 e. The van der Waals surface area contributed by atoms with Gasteiger partial charge in [0.05, 0.1) is 10.7 Å². The number of imide groups is 1. The van der Waals surface area contributed by atoms with Crippen LogP contribution < -0.4 is 10.6 Å². The van der Waals surface area contributed by atoms with Gasteiger partial charge < -0.3 is 10.6 Å². The Hall–Kier alpha value is -1.92. The van der Waals surface area contributed by atoms with Crippen LogP contribution in [0.3, 0.4) is 0 Å². The number of hydrogen-bond donors (Lipinski definition) is 2. The van der Waals surface area contributed by atoms with E-state index >= 15 is 0 Å². The van der Waals surface area contributed by atoms with Crippen LogP contribution in [0.25, 0.3) is 0 Å². The second-order valence-electron chi connectivity index (χ2n) is 9.63. The Bertz CT molecular complexity index is 891. The van der Waals surface area contributed by atoms with Crippen LogP contribution in [0, 0.1) is 17.8 Å². The highest BCUT2D eigenvalue weighted by atomic mass is 35.5. The number of anilines is 1. The molecule has 0 saturated carbocycles. The minimum atomic E-state index is -1.14. The van der Waals surface area contributed by atoms with Crippen LogP contribution in [-0.2, 0) is 19.9 Å². The fourth-order valence-corrected chi connectivity index (χ4v) is 5.60. The van der Waals surface area contributed by atoms with Crippen molar-refractivity contribution in [1.82, 2.24) is 4.90 Å². The van der Waals surface area contributed by atoms with Crippen LogP contribution in [0.2, 0.25) is 5.02 Å². The lowest BCUT2D eigenvalue weighted by atomic mass is 9.76. The largest absolute Gasteiger partial charge is 0.326 e. The van der Waals surface area contributed by atoms with Crippen molar-refractivity contribution in [2.45, 2.75) is 58.2 Å². The second-order valence-corrected chi connectivity index (χ2v) is 10.0. The number of para-hydroxylation sites is 1. The lowest BCUT2D eigenvalue weighted by Crippen LogP contribution is -2.99. The summed E-state index contributed by atoms with van der Waals surface area (Å²) >= 11 is 6.34. The third kappa shape index (κ3) is 2.40. The van der Waals surface area contributed by atoms with E-state index in [2.05, 4.69) is 19.2 Å². The highest BCUT2D eigenvalue weighted by Gasteiger charge is 2.75. The molecule has 0 aromatic heterocycles. The van der Waals surface area contributed by atoms with Crippen molar-refractivity contribution in [3.05, 3.63) is 28.8 Å². The average molecular weight is 405 g/mol. The molecule has 7 heteroatoms. The fourth-order valence-electron chi connectivity index (χ4n) is 5.38. The molecule has 28 heavy (non-hydrogen) atoms. The van der Waals surface area contributed by atoms with E-state index in [1.54, 1.807) is 12.1 Å². The number of nitrogens with two attached hydrogens (primary N) is 1. The van der Waals surface area contributed by atoms with Crippen molar-refractivity contribution in [2.75, 3.05) is 5.32 Å². The highest BCUT2D eigenvalue weighted by Crippen LogP contribution is 2.52. The summed E-state index contributed by atoms with van der Waals surface area (Å²) in [4.78, 5) is 41.6. The number of rotatable bonds is 2. The number of likely N-dealkylation sites (tertiary alicyclic amines) is 1. The van der Waals surface area contributed by atoms with Crippen LogP contribution in [0.4, 0.5) is 5.69 Å². The Morgan fingerprint density at radius 2 is 1.89 bits per heavy atom. The van der Waals surface area contributed by atoms with Gasteiger partial charge in [-0.05, 0) is 38.8 Å². The topological polar surface area (TPSA) is 83.1 Å². The highest BCUT2D eigenvalue weighted by molar-refractivity contribution is 6.35. The van der Waals surface area contributed by atoms with E-state index in [4.69, 9.17) is 11.6 Å². The van der Waals surface area contributed by atoms with Crippen LogP contribution in [0.1, 0.15) is 46.6 Å². The van der Waals surface area contributed by atoms with Gasteiger partial charge >= 0.3 is 0 Å². The molecule has 3 heterocycles. The summed E-state index contributed by atoms with van der Waals surface area (Å²) in [5.41, 5.74) is -0.502. The molecule has 3 aliphatic rings. The van der Waals surface area contributed by atoms with Gasteiger partial charge in [0.15, 0.2) is 0 Å². The summed E-state index contributed by atoms with van der Waals surface area (Å²) in [6.45, 7) is 9.76. The smallest absolute Gasteiger partial charge is 0.291 e. The van der Waals surface area contributed by atoms with Gasteiger partial charge in [-0.15, -0.1) is 0 Å². The Balaban J connectivity index is 1.91. The van der Waals surface area contributed by atoms with E-state index in [-0.39, 0.29) is 23.8 Å². The first-order chi connectivity index (χ1) is 13.0. The molecule has 6 nitrogen and oxygen atoms in total. The second kappa shape index (κ2) is 6.04. The number of fused-ring (bicyclic) bond motifs is 4. The molecule has 1 aromatic rings. The third-order valence-electron chi connectivity index (χ3n) is 6.27. The SMILES string of the molecule is CC(C)C[C@@H]1[NH2+][C@@]2(C(=O)Nc3c(Cl)cccc32)[C@@H]2C(=O)N(C(C)(C)C)C(=O)[C@H]12. The molecular formula is C21H27ClN3O3+. The van der Waals surface area contributed by atoms with E-state index < -0.39 is 22.9 Å². The number of nitrogens with zero attached hydrogens (tertiary/aromatic N) is 1. The Morgan fingerprint density at radius 1 is 1.21 bits per heavy atom. The van der Waals surface area contributed by atoms with Crippen molar-refractivity contribution in [3.8, 4) is 0 Å². The number of benzene rings is 1. The normalized spacial score (nSPS) is 31.8. The van der Waals surface area contributed by atoms with Gasteiger partial charge in [-0.25, -0.2) is 0 Å². The summed E-state index contributed by atoms with van der Waals surface area (Å²) in [6.07, 6.45) is 0.753. The van der Waals surface area contributed by atoms with Gasteiger partial charge in [0.2, 0.25) is 17.4 Å². The molecule has 1 aromatic carbocycles. The zero-order valence-corrected chi connectivity index (χ0v) is 17.6. The molecule has 4 atom stereocenters. The van der Waals surface area contributed by atoms with Gasteiger partial charge in [-0.2, -0.15) is 0 Å². The molecule has 0 aliphatic carbocycles. The minimum absolute atomic E-state index is 0.135. The van der Waals surface area contributed by atoms with Crippen molar-refractivity contribution < 1.29 is 19.7 Å². The summed E-state index contributed by atoms with van der Waals surface area (Å²) in [5, 5.41) is 5.31. The van der Waals surface area contributed by atoms with Crippen molar-refractivity contribution in [3.63, 3.8) is 0 Å². The van der Waals surface area contributed by atoms with Gasteiger partial charge in [0, 0.05) is 17.5 Å². The monoisotopic (exact) mass is 404 g/mol. The molecule has 150 valence electrons. The number of carbonyl (C=O) groups excluding carboxylic acids is 3.